The van der Waals surface area contributed by atoms with Crippen LogP contribution in [0.3, 0.4) is 0 Å². The summed E-state index contributed by atoms with van der Waals surface area (Å²) in [4.78, 5) is 0. The van der Waals surface area contributed by atoms with Crippen molar-refractivity contribution in [3.8, 4) is 5.75 Å². The summed E-state index contributed by atoms with van der Waals surface area (Å²) in [7, 11) is 0. The molecule has 0 spiro atoms. The number of anilines is 1. The molecule has 0 radical (unpaired) electrons. The average Bonchev–Trinajstić information content (AvgIpc) is 2.85. The highest BCUT2D eigenvalue weighted by Crippen LogP contribution is 2.18. The summed E-state index contributed by atoms with van der Waals surface area (Å²) in [6.45, 7) is 6.57. The lowest BCUT2D eigenvalue weighted by Gasteiger charge is -2.10. The fourth-order valence-corrected chi connectivity index (χ4v) is 1.98. The fourth-order valence-electron chi connectivity index (χ4n) is 1.98. The largest absolute Gasteiger partial charge is 0.494 e. The molecule has 0 amide bonds. The van der Waals surface area contributed by atoms with Crippen molar-refractivity contribution in [1.29, 1.82) is 0 Å². The van der Waals surface area contributed by atoms with Crippen molar-refractivity contribution < 1.29 is 4.74 Å². The molecular weight excluding hydrogens is 238 g/mol. The van der Waals surface area contributed by atoms with Crippen LogP contribution in [0, 0.1) is 0 Å². The average molecular weight is 259 g/mol. The molecule has 0 saturated heterocycles. The summed E-state index contributed by atoms with van der Waals surface area (Å²) in [6, 6.07) is 10.1. The summed E-state index contributed by atoms with van der Waals surface area (Å²) >= 11 is 0. The van der Waals surface area contributed by atoms with Crippen LogP contribution in [0.4, 0.5) is 5.69 Å². The molecule has 4 nitrogen and oxygen atoms in total. The first-order valence-corrected chi connectivity index (χ1v) is 6.81. The number of benzene rings is 1. The third kappa shape index (κ3) is 3.74. The van der Waals surface area contributed by atoms with Gasteiger partial charge in [-0.2, -0.15) is 5.10 Å². The molecule has 0 fully saturated rings. The maximum atomic E-state index is 5.49. The minimum Gasteiger partial charge on any atom is -0.494 e. The van der Waals surface area contributed by atoms with E-state index >= 15 is 0 Å². The summed E-state index contributed by atoms with van der Waals surface area (Å²) in [5.74, 6) is 0.898. The standard InChI is InChI=1S/C15H21N3O/c1-3-10-18-14(8-9-17-18)12-16-13-6-5-7-15(11-13)19-4-2/h5-9,11,16H,3-4,10,12H2,1-2H3. The Labute approximate surface area is 114 Å². The molecule has 2 rings (SSSR count). The van der Waals surface area contributed by atoms with Crippen LogP contribution < -0.4 is 10.1 Å². The highest BCUT2D eigenvalue weighted by molar-refractivity contribution is 5.48. The molecule has 0 aliphatic heterocycles. The molecule has 0 saturated carbocycles. The molecule has 0 aliphatic rings. The second kappa shape index (κ2) is 6.83. The number of aryl methyl sites for hydroxylation is 1. The molecule has 2 aromatic rings. The van der Waals surface area contributed by atoms with Gasteiger partial charge in [0.1, 0.15) is 5.75 Å². The van der Waals surface area contributed by atoms with Crippen LogP contribution in [-0.4, -0.2) is 16.4 Å². The van der Waals surface area contributed by atoms with Crippen LogP contribution in [-0.2, 0) is 13.1 Å². The van der Waals surface area contributed by atoms with Crippen LogP contribution in [0.15, 0.2) is 36.5 Å². The highest BCUT2D eigenvalue weighted by atomic mass is 16.5. The molecule has 0 bridgehead atoms. The third-order valence-corrected chi connectivity index (χ3v) is 2.86. The molecule has 4 heteroatoms. The zero-order chi connectivity index (χ0) is 13.5. The van der Waals surface area contributed by atoms with Gasteiger partial charge in [-0.15, -0.1) is 0 Å². The predicted octanol–water partition coefficient (Wildman–Crippen LogP) is 3.30. The van der Waals surface area contributed by atoms with E-state index < -0.39 is 0 Å². The maximum absolute atomic E-state index is 5.49. The Bertz CT molecular complexity index is 508. The molecule has 0 aliphatic carbocycles. The molecule has 19 heavy (non-hydrogen) atoms. The predicted molar refractivity (Wildman–Crippen MR) is 77.5 cm³/mol. The van der Waals surface area contributed by atoms with E-state index in [-0.39, 0.29) is 0 Å². The van der Waals surface area contributed by atoms with Crippen molar-refractivity contribution in [2.75, 3.05) is 11.9 Å². The second-order valence-electron chi connectivity index (χ2n) is 4.36. The van der Waals surface area contributed by atoms with Gasteiger partial charge in [-0.1, -0.05) is 13.0 Å². The summed E-state index contributed by atoms with van der Waals surface area (Å²) < 4.78 is 7.53. The monoisotopic (exact) mass is 259 g/mol. The molecule has 1 N–H and O–H groups in total. The Morgan fingerprint density at radius 2 is 2.16 bits per heavy atom. The van der Waals surface area contributed by atoms with E-state index in [9.17, 15) is 0 Å². The summed E-state index contributed by atoms with van der Waals surface area (Å²) in [5.41, 5.74) is 2.26. The minimum atomic E-state index is 0.687. The number of nitrogens with one attached hydrogen (secondary N) is 1. The van der Waals surface area contributed by atoms with Crippen LogP contribution in [0.2, 0.25) is 0 Å². The van der Waals surface area contributed by atoms with Crippen molar-refractivity contribution in [1.82, 2.24) is 9.78 Å². The Morgan fingerprint density at radius 3 is 2.95 bits per heavy atom. The quantitative estimate of drug-likeness (QED) is 0.829. The van der Waals surface area contributed by atoms with Gasteiger partial charge in [-0.25, -0.2) is 0 Å². The molecule has 0 unspecified atom stereocenters. The normalized spacial score (nSPS) is 10.4. The van der Waals surface area contributed by atoms with Crippen molar-refractivity contribution in [2.45, 2.75) is 33.4 Å². The molecule has 1 aromatic heterocycles. The van der Waals surface area contributed by atoms with Gasteiger partial charge in [0.15, 0.2) is 0 Å². The second-order valence-corrected chi connectivity index (χ2v) is 4.36. The fraction of sp³-hybridized carbons (Fsp3) is 0.400. The first-order chi connectivity index (χ1) is 9.33. The van der Waals surface area contributed by atoms with Crippen LogP contribution in [0.25, 0.3) is 0 Å². The van der Waals surface area contributed by atoms with Gasteiger partial charge in [-0.05, 0) is 31.5 Å². The molecule has 102 valence electrons. The Balaban J connectivity index is 1.97. The van der Waals surface area contributed by atoms with Gasteiger partial charge in [0.25, 0.3) is 0 Å². The van der Waals surface area contributed by atoms with Crippen LogP contribution in [0.5, 0.6) is 5.75 Å². The van der Waals surface area contributed by atoms with E-state index in [1.807, 2.05) is 42.1 Å². The molecule has 0 atom stereocenters. The number of hydrogen-bond acceptors (Lipinski definition) is 3. The van der Waals surface area contributed by atoms with Crippen LogP contribution in [0.1, 0.15) is 26.0 Å². The third-order valence-electron chi connectivity index (χ3n) is 2.86. The molecule has 1 heterocycles. The van der Waals surface area contributed by atoms with Crippen LogP contribution >= 0.6 is 0 Å². The van der Waals surface area contributed by atoms with E-state index in [1.54, 1.807) is 0 Å². The van der Waals surface area contributed by atoms with Gasteiger partial charge in [0, 0.05) is 24.5 Å². The molecule has 1 aromatic carbocycles. The number of aromatic nitrogens is 2. The summed E-state index contributed by atoms with van der Waals surface area (Å²) in [6.07, 6.45) is 2.94. The van der Waals surface area contributed by atoms with Crippen molar-refractivity contribution in [3.05, 3.63) is 42.2 Å². The lowest BCUT2D eigenvalue weighted by Crippen LogP contribution is -2.08. The van der Waals surface area contributed by atoms with E-state index in [1.165, 1.54) is 5.69 Å². The van der Waals surface area contributed by atoms with Crippen molar-refractivity contribution >= 4 is 5.69 Å². The summed E-state index contributed by atoms with van der Waals surface area (Å²) in [5, 5.41) is 7.72. The zero-order valence-electron chi connectivity index (χ0n) is 11.6. The maximum Gasteiger partial charge on any atom is 0.121 e. The van der Waals surface area contributed by atoms with E-state index in [0.29, 0.717) is 6.61 Å². The number of ether oxygens (including phenoxy) is 1. The lowest BCUT2D eigenvalue weighted by molar-refractivity contribution is 0.340. The number of nitrogens with zero attached hydrogens (tertiary/aromatic N) is 2. The molecular formula is C15H21N3O. The highest BCUT2D eigenvalue weighted by Gasteiger charge is 2.02. The Morgan fingerprint density at radius 1 is 1.26 bits per heavy atom. The SMILES string of the molecule is CCCn1nccc1CNc1cccc(OCC)c1. The minimum absolute atomic E-state index is 0.687. The van der Waals surface area contributed by atoms with E-state index in [2.05, 4.69) is 23.4 Å². The lowest BCUT2D eigenvalue weighted by atomic mass is 10.3. The number of hydrogen-bond donors (Lipinski definition) is 1. The smallest absolute Gasteiger partial charge is 0.121 e. The van der Waals surface area contributed by atoms with E-state index in [4.69, 9.17) is 4.74 Å². The first-order valence-electron chi connectivity index (χ1n) is 6.81. The first kappa shape index (κ1) is 13.5. The zero-order valence-corrected chi connectivity index (χ0v) is 11.6. The van der Waals surface area contributed by atoms with Gasteiger partial charge >= 0.3 is 0 Å². The van der Waals surface area contributed by atoms with Crippen molar-refractivity contribution in [2.24, 2.45) is 0 Å². The Kier molecular flexibility index (Phi) is 4.84. The van der Waals surface area contributed by atoms with Gasteiger partial charge in [-0.3, -0.25) is 4.68 Å². The topological polar surface area (TPSA) is 39.1 Å². The van der Waals surface area contributed by atoms with Gasteiger partial charge in [0.2, 0.25) is 0 Å². The Hall–Kier alpha value is -1.97. The van der Waals surface area contributed by atoms with Crippen molar-refractivity contribution in [3.63, 3.8) is 0 Å². The van der Waals surface area contributed by atoms with Gasteiger partial charge < -0.3 is 10.1 Å². The number of rotatable bonds is 7. The van der Waals surface area contributed by atoms with E-state index in [0.717, 1.165) is 30.9 Å². The van der Waals surface area contributed by atoms with Gasteiger partial charge in [0.05, 0.1) is 18.8 Å².